The van der Waals surface area contributed by atoms with Gasteiger partial charge >= 0.3 is 5.97 Å². The quantitative estimate of drug-likeness (QED) is 0.717. The molecule has 1 aliphatic rings. The highest BCUT2D eigenvalue weighted by atomic mass is 35.5. The minimum Gasteiger partial charge on any atom is -0.480 e. The molecule has 0 fully saturated rings. The second-order valence-corrected chi connectivity index (χ2v) is 3.98. The van der Waals surface area contributed by atoms with Crippen LogP contribution in [0.1, 0.15) is 17.2 Å². The van der Waals surface area contributed by atoms with E-state index in [9.17, 15) is 9.59 Å². The van der Waals surface area contributed by atoms with Crippen molar-refractivity contribution in [3.63, 3.8) is 0 Å². The van der Waals surface area contributed by atoms with Crippen LogP contribution >= 0.6 is 11.6 Å². The van der Waals surface area contributed by atoms with Gasteiger partial charge in [-0.3, -0.25) is 9.59 Å². The van der Waals surface area contributed by atoms with E-state index in [1.54, 1.807) is 6.07 Å². The third-order valence-electron chi connectivity index (χ3n) is 2.43. The molecule has 0 spiro atoms. The van der Waals surface area contributed by atoms with Gasteiger partial charge in [-0.1, -0.05) is 17.7 Å². The molecule has 16 heavy (non-hydrogen) atoms. The van der Waals surface area contributed by atoms with E-state index in [-0.39, 0.29) is 12.3 Å². The number of anilines is 1. The number of aliphatic carboxylic acids is 1. The lowest BCUT2D eigenvalue weighted by molar-refractivity contribution is -0.138. The van der Waals surface area contributed by atoms with Crippen LogP contribution in [-0.4, -0.2) is 17.0 Å². The van der Waals surface area contributed by atoms with Crippen molar-refractivity contribution in [1.82, 2.24) is 0 Å². The Labute approximate surface area is 96.2 Å². The number of amides is 1. The maximum Gasteiger partial charge on any atom is 0.325 e. The lowest BCUT2D eigenvalue weighted by atomic mass is 10.0. The lowest BCUT2D eigenvalue weighted by Crippen LogP contribution is -2.20. The van der Waals surface area contributed by atoms with Crippen molar-refractivity contribution in [2.75, 3.05) is 5.32 Å². The fourth-order valence-electron chi connectivity index (χ4n) is 1.65. The molecule has 0 saturated heterocycles. The number of halogens is 1. The van der Waals surface area contributed by atoms with Gasteiger partial charge in [0.2, 0.25) is 5.91 Å². The Balaban J connectivity index is 2.46. The molecule has 1 amide bonds. The summed E-state index contributed by atoms with van der Waals surface area (Å²) in [5, 5.41) is 11.7. The zero-order valence-electron chi connectivity index (χ0n) is 8.16. The summed E-state index contributed by atoms with van der Waals surface area (Å²) in [7, 11) is 0. The van der Waals surface area contributed by atoms with Crippen LogP contribution in [0, 0.1) is 0 Å². The van der Waals surface area contributed by atoms with Crippen molar-refractivity contribution >= 4 is 29.2 Å². The predicted octanol–water partition coefficient (Wildman–Crippen LogP) is 0.919. The minimum atomic E-state index is -1.13. The number of carboxylic acid groups (broad SMARTS) is 1. The smallest absolute Gasteiger partial charge is 0.325 e. The molecule has 1 aromatic carbocycles. The fourth-order valence-corrected chi connectivity index (χ4v) is 1.94. The number of carbonyl (C=O) groups excluding carboxylic acids is 1. The van der Waals surface area contributed by atoms with Crippen LogP contribution in [0.2, 0.25) is 5.02 Å². The van der Waals surface area contributed by atoms with Gasteiger partial charge in [-0.15, -0.1) is 0 Å². The summed E-state index contributed by atoms with van der Waals surface area (Å²) >= 11 is 5.93. The van der Waals surface area contributed by atoms with Gasteiger partial charge in [0.1, 0.15) is 6.04 Å². The first kappa shape index (κ1) is 10.9. The number of nitrogens with one attached hydrogen (secondary N) is 1. The van der Waals surface area contributed by atoms with E-state index in [1.165, 1.54) is 6.07 Å². The topological polar surface area (TPSA) is 92.4 Å². The molecular formula is C10H9ClN2O3. The van der Waals surface area contributed by atoms with Crippen LogP contribution < -0.4 is 11.1 Å². The molecule has 0 aliphatic carbocycles. The van der Waals surface area contributed by atoms with Gasteiger partial charge in [-0.25, -0.2) is 0 Å². The second kappa shape index (κ2) is 3.77. The van der Waals surface area contributed by atoms with E-state index >= 15 is 0 Å². The molecule has 84 valence electrons. The predicted molar refractivity (Wildman–Crippen MR) is 58.3 cm³/mol. The van der Waals surface area contributed by atoms with Crippen molar-refractivity contribution < 1.29 is 14.7 Å². The fraction of sp³-hybridized carbons (Fsp3) is 0.200. The van der Waals surface area contributed by atoms with Crippen LogP contribution in [0.25, 0.3) is 0 Å². The van der Waals surface area contributed by atoms with E-state index in [4.69, 9.17) is 22.4 Å². The molecule has 5 nitrogen and oxygen atoms in total. The zero-order chi connectivity index (χ0) is 11.9. The number of hydrogen-bond acceptors (Lipinski definition) is 3. The average Bonchev–Trinajstić information content (AvgIpc) is 2.57. The molecular weight excluding hydrogens is 232 g/mol. The highest BCUT2D eigenvalue weighted by molar-refractivity contribution is 6.34. The Morgan fingerprint density at radius 1 is 1.56 bits per heavy atom. The van der Waals surface area contributed by atoms with Gasteiger partial charge in [0.15, 0.2) is 0 Å². The number of hydrogen-bond donors (Lipinski definition) is 3. The Bertz CT molecular complexity index is 487. The van der Waals surface area contributed by atoms with E-state index < -0.39 is 12.0 Å². The molecule has 6 heteroatoms. The van der Waals surface area contributed by atoms with Crippen LogP contribution in [0.15, 0.2) is 12.1 Å². The minimum absolute atomic E-state index is 0.155. The van der Waals surface area contributed by atoms with Crippen molar-refractivity contribution in [2.45, 2.75) is 12.5 Å². The molecule has 0 radical (unpaired) electrons. The normalized spacial score (nSPS) is 15.5. The third-order valence-corrected chi connectivity index (χ3v) is 2.73. The van der Waals surface area contributed by atoms with Crippen LogP contribution in [-0.2, 0) is 16.0 Å². The van der Waals surface area contributed by atoms with E-state index in [0.29, 0.717) is 21.8 Å². The number of fused-ring (bicyclic) bond motifs is 1. The molecule has 2 rings (SSSR count). The molecule has 1 aromatic rings. The van der Waals surface area contributed by atoms with Gasteiger partial charge in [0, 0.05) is 0 Å². The lowest BCUT2D eigenvalue weighted by Gasteiger charge is -2.10. The first-order valence-electron chi connectivity index (χ1n) is 4.59. The van der Waals surface area contributed by atoms with Gasteiger partial charge in [0.25, 0.3) is 0 Å². The van der Waals surface area contributed by atoms with Crippen LogP contribution in [0.4, 0.5) is 5.69 Å². The van der Waals surface area contributed by atoms with Crippen LogP contribution in [0.3, 0.4) is 0 Å². The Morgan fingerprint density at radius 3 is 2.88 bits per heavy atom. The van der Waals surface area contributed by atoms with E-state index in [0.717, 1.165) is 0 Å². The number of rotatable bonds is 2. The summed E-state index contributed by atoms with van der Waals surface area (Å²) in [5.74, 6) is -1.29. The van der Waals surface area contributed by atoms with Crippen molar-refractivity contribution in [3.05, 3.63) is 28.3 Å². The van der Waals surface area contributed by atoms with Gasteiger partial charge in [-0.05, 0) is 17.2 Å². The number of carbonyl (C=O) groups is 2. The van der Waals surface area contributed by atoms with E-state index in [2.05, 4.69) is 5.32 Å². The van der Waals surface area contributed by atoms with Crippen molar-refractivity contribution in [2.24, 2.45) is 5.73 Å². The van der Waals surface area contributed by atoms with Gasteiger partial charge < -0.3 is 16.2 Å². The third kappa shape index (κ3) is 1.75. The summed E-state index contributed by atoms with van der Waals surface area (Å²) < 4.78 is 0. The van der Waals surface area contributed by atoms with Crippen LogP contribution in [0.5, 0.6) is 0 Å². The zero-order valence-corrected chi connectivity index (χ0v) is 8.91. The Morgan fingerprint density at radius 2 is 2.25 bits per heavy atom. The molecule has 4 N–H and O–H groups in total. The highest BCUT2D eigenvalue weighted by Gasteiger charge is 2.24. The molecule has 0 aromatic heterocycles. The Hall–Kier alpha value is -1.59. The summed E-state index contributed by atoms with van der Waals surface area (Å²) in [6.07, 6.45) is 0.204. The SMILES string of the molecule is NC(C(=O)O)c1cc(Cl)c2c(c1)CC(=O)N2. The Kier molecular flexibility index (Phi) is 2.57. The molecule has 1 aliphatic heterocycles. The largest absolute Gasteiger partial charge is 0.480 e. The summed E-state index contributed by atoms with van der Waals surface area (Å²) in [5.41, 5.74) is 7.10. The maximum atomic E-state index is 11.1. The standard InChI is InChI=1S/C10H9ClN2O3/c11-6-2-4(8(12)10(15)16)1-5-3-7(14)13-9(5)6/h1-2,8H,3,12H2,(H,13,14)(H,15,16). The van der Waals surface area contributed by atoms with Gasteiger partial charge in [0.05, 0.1) is 17.1 Å². The second-order valence-electron chi connectivity index (χ2n) is 3.58. The van der Waals surface area contributed by atoms with Crippen molar-refractivity contribution in [1.29, 1.82) is 0 Å². The number of carboxylic acids is 1. The summed E-state index contributed by atoms with van der Waals surface area (Å²) in [4.78, 5) is 21.9. The van der Waals surface area contributed by atoms with Gasteiger partial charge in [-0.2, -0.15) is 0 Å². The summed E-state index contributed by atoms with van der Waals surface area (Å²) in [6.45, 7) is 0. The summed E-state index contributed by atoms with van der Waals surface area (Å²) in [6, 6.07) is 1.93. The first-order valence-corrected chi connectivity index (χ1v) is 4.97. The highest BCUT2D eigenvalue weighted by Crippen LogP contribution is 2.33. The average molecular weight is 241 g/mol. The van der Waals surface area contributed by atoms with E-state index in [1.807, 2.05) is 0 Å². The maximum absolute atomic E-state index is 11.1. The molecule has 1 atom stereocenters. The number of benzene rings is 1. The number of nitrogens with two attached hydrogens (primary N) is 1. The molecule has 1 unspecified atom stereocenters. The van der Waals surface area contributed by atoms with Crippen molar-refractivity contribution in [3.8, 4) is 0 Å². The monoisotopic (exact) mass is 240 g/mol. The molecule has 0 bridgehead atoms. The first-order chi connectivity index (χ1) is 7.49. The molecule has 0 saturated carbocycles. The molecule has 1 heterocycles.